The number of methoxy groups -OCH3 is 2. The standard InChI is InChI=1S/C21H19N3O3/c1-26-17-8-7-14(20(10-17)27-2)12-24-21(25)15(11-22)9-16-13-23-19-6-4-3-5-18(16)19/h3-10,13,23H,12H2,1-2H3,(H,24,25)/b15-9+. The fraction of sp³-hybridized carbons (Fsp3) is 0.143. The fourth-order valence-electron chi connectivity index (χ4n) is 2.79. The molecule has 0 aliphatic carbocycles. The maximum absolute atomic E-state index is 12.5. The molecule has 3 rings (SSSR count). The number of amides is 1. The molecule has 0 bridgehead atoms. The third kappa shape index (κ3) is 3.93. The second-order valence-electron chi connectivity index (χ2n) is 5.82. The van der Waals surface area contributed by atoms with E-state index in [1.807, 2.05) is 36.4 Å². The van der Waals surface area contributed by atoms with E-state index in [0.717, 1.165) is 22.0 Å². The third-order valence-electron chi connectivity index (χ3n) is 4.22. The monoisotopic (exact) mass is 361 g/mol. The first kappa shape index (κ1) is 18.1. The van der Waals surface area contributed by atoms with Gasteiger partial charge >= 0.3 is 0 Å². The summed E-state index contributed by atoms with van der Waals surface area (Å²) >= 11 is 0. The zero-order chi connectivity index (χ0) is 19.2. The van der Waals surface area contributed by atoms with Crippen molar-refractivity contribution in [3.8, 4) is 17.6 Å². The second-order valence-corrected chi connectivity index (χ2v) is 5.82. The van der Waals surface area contributed by atoms with Gasteiger partial charge in [0.1, 0.15) is 23.1 Å². The first-order valence-corrected chi connectivity index (χ1v) is 8.33. The molecular formula is C21H19N3O3. The summed E-state index contributed by atoms with van der Waals surface area (Å²) in [5, 5.41) is 13.1. The number of rotatable bonds is 6. The molecule has 1 amide bonds. The van der Waals surface area contributed by atoms with Gasteiger partial charge in [0.2, 0.25) is 0 Å². The summed E-state index contributed by atoms with van der Waals surface area (Å²) in [7, 11) is 3.13. The number of fused-ring (bicyclic) bond motifs is 1. The van der Waals surface area contributed by atoms with Crippen LogP contribution in [0.2, 0.25) is 0 Å². The number of benzene rings is 2. The largest absolute Gasteiger partial charge is 0.497 e. The van der Waals surface area contributed by atoms with E-state index in [2.05, 4.69) is 10.3 Å². The van der Waals surface area contributed by atoms with Gasteiger partial charge in [0.15, 0.2) is 0 Å². The zero-order valence-electron chi connectivity index (χ0n) is 15.1. The Morgan fingerprint density at radius 3 is 2.78 bits per heavy atom. The molecule has 0 unspecified atom stereocenters. The highest BCUT2D eigenvalue weighted by Crippen LogP contribution is 2.24. The van der Waals surface area contributed by atoms with Gasteiger partial charge < -0.3 is 19.8 Å². The molecule has 0 fully saturated rings. The Morgan fingerprint density at radius 1 is 1.22 bits per heavy atom. The van der Waals surface area contributed by atoms with Gasteiger partial charge in [-0.15, -0.1) is 0 Å². The van der Waals surface area contributed by atoms with Crippen LogP contribution in [0.1, 0.15) is 11.1 Å². The van der Waals surface area contributed by atoms with E-state index in [9.17, 15) is 10.1 Å². The predicted octanol–water partition coefficient (Wildman–Crippen LogP) is 3.41. The lowest BCUT2D eigenvalue weighted by Gasteiger charge is -2.11. The average Bonchev–Trinajstić information content (AvgIpc) is 3.12. The van der Waals surface area contributed by atoms with Crippen LogP contribution in [0.5, 0.6) is 11.5 Å². The minimum Gasteiger partial charge on any atom is -0.497 e. The molecular weight excluding hydrogens is 342 g/mol. The number of H-pyrrole nitrogens is 1. The molecule has 2 N–H and O–H groups in total. The van der Waals surface area contributed by atoms with Gasteiger partial charge in [-0.2, -0.15) is 5.26 Å². The van der Waals surface area contributed by atoms with Gasteiger partial charge in [-0.05, 0) is 24.3 Å². The number of nitriles is 1. The molecule has 6 nitrogen and oxygen atoms in total. The molecule has 3 aromatic rings. The Hall–Kier alpha value is -3.72. The summed E-state index contributed by atoms with van der Waals surface area (Å²) in [6.07, 6.45) is 3.36. The molecule has 0 atom stereocenters. The number of hydrogen-bond acceptors (Lipinski definition) is 4. The van der Waals surface area contributed by atoms with Crippen molar-refractivity contribution in [1.82, 2.24) is 10.3 Å². The topological polar surface area (TPSA) is 87.1 Å². The van der Waals surface area contributed by atoms with Crippen molar-refractivity contribution in [2.45, 2.75) is 6.54 Å². The smallest absolute Gasteiger partial charge is 0.262 e. The average molecular weight is 361 g/mol. The van der Waals surface area contributed by atoms with E-state index < -0.39 is 5.91 Å². The van der Waals surface area contributed by atoms with Gasteiger partial charge in [-0.1, -0.05) is 18.2 Å². The zero-order valence-corrected chi connectivity index (χ0v) is 15.1. The van der Waals surface area contributed by atoms with Crippen LogP contribution in [-0.2, 0) is 11.3 Å². The Labute approximate surface area is 157 Å². The minimum atomic E-state index is -0.444. The molecule has 1 heterocycles. The van der Waals surface area contributed by atoms with Crippen molar-refractivity contribution in [1.29, 1.82) is 5.26 Å². The lowest BCUT2D eigenvalue weighted by atomic mass is 10.1. The molecule has 0 saturated carbocycles. The normalized spacial score (nSPS) is 11.1. The van der Waals surface area contributed by atoms with Crippen molar-refractivity contribution >= 4 is 22.9 Å². The molecule has 0 aliphatic heterocycles. The van der Waals surface area contributed by atoms with E-state index in [-0.39, 0.29) is 12.1 Å². The first-order chi connectivity index (χ1) is 13.2. The highest BCUT2D eigenvalue weighted by molar-refractivity contribution is 6.03. The van der Waals surface area contributed by atoms with E-state index in [1.165, 1.54) is 0 Å². The minimum absolute atomic E-state index is 0.0345. The molecule has 0 aliphatic rings. The summed E-state index contributed by atoms with van der Waals surface area (Å²) in [4.78, 5) is 15.6. The molecule has 0 spiro atoms. The van der Waals surface area contributed by atoms with Gasteiger partial charge in [0.05, 0.1) is 14.2 Å². The van der Waals surface area contributed by atoms with Crippen molar-refractivity contribution in [3.05, 3.63) is 65.4 Å². The Bertz CT molecular complexity index is 1040. The fourth-order valence-corrected chi connectivity index (χ4v) is 2.79. The van der Waals surface area contributed by atoms with Crippen molar-refractivity contribution in [2.75, 3.05) is 14.2 Å². The van der Waals surface area contributed by atoms with Crippen LogP contribution in [0.3, 0.4) is 0 Å². The van der Waals surface area contributed by atoms with Gasteiger partial charge in [-0.3, -0.25) is 4.79 Å². The summed E-state index contributed by atoms with van der Waals surface area (Å²) in [5.74, 6) is 0.827. The molecule has 136 valence electrons. The lowest BCUT2D eigenvalue weighted by molar-refractivity contribution is -0.117. The quantitative estimate of drug-likeness (QED) is 0.520. The van der Waals surface area contributed by atoms with Crippen LogP contribution >= 0.6 is 0 Å². The van der Waals surface area contributed by atoms with Crippen molar-refractivity contribution in [3.63, 3.8) is 0 Å². The number of aromatic nitrogens is 1. The van der Waals surface area contributed by atoms with Crippen LogP contribution in [0.25, 0.3) is 17.0 Å². The summed E-state index contributed by atoms with van der Waals surface area (Å²) in [5.41, 5.74) is 2.56. The van der Waals surface area contributed by atoms with Crippen LogP contribution in [-0.4, -0.2) is 25.1 Å². The van der Waals surface area contributed by atoms with E-state index in [0.29, 0.717) is 11.5 Å². The lowest BCUT2D eigenvalue weighted by Crippen LogP contribution is -2.24. The number of hydrogen-bond donors (Lipinski definition) is 2. The van der Waals surface area contributed by atoms with Gasteiger partial charge in [0.25, 0.3) is 5.91 Å². The van der Waals surface area contributed by atoms with Gasteiger partial charge in [-0.25, -0.2) is 0 Å². The van der Waals surface area contributed by atoms with Crippen LogP contribution in [0.15, 0.2) is 54.2 Å². The predicted molar refractivity (Wildman–Crippen MR) is 103 cm³/mol. The Morgan fingerprint density at radius 2 is 2.04 bits per heavy atom. The number of nitrogens with one attached hydrogen (secondary N) is 2. The van der Waals surface area contributed by atoms with E-state index in [4.69, 9.17) is 9.47 Å². The van der Waals surface area contributed by atoms with E-state index in [1.54, 1.807) is 38.6 Å². The SMILES string of the molecule is COc1ccc(CNC(=O)/C(C#N)=C/c2c[nH]c3ccccc23)c(OC)c1. The molecule has 0 radical (unpaired) electrons. The van der Waals surface area contributed by atoms with Crippen molar-refractivity contribution in [2.24, 2.45) is 0 Å². The number of aromatic amines is 1. The molecule has 27 heavy (non-hydrogen) atoms. The molecule has 2 aromatic carbocycles. The highest BCUT2D eigenvalue weighted by atomic mass is 16.5. The molecule has 0 saturated heterocycles. The summed E-state index contributed by atoms with van der Waals surface area (Å²) < 4.78 is 10.5. The Balaban J connectivity index is 1.77. The second kappa shape index (κ2) is 8.11. The van der Waals surface area contributed by atoms with Crippen molar-refractivity contribution < 1.29 is 14.3 Å². The number of nitrogens with zero attached hydrogens (tertiary/aromatic N) is 1. The third-order valence-corrected chi connectivity index (χ3v) is 4.22. The summed E-state index contributed by atoms with van der Waals surface area (Å²) in [6, 6.07) is 15.0. The Kier molecular flexibility index (Phi) is 5.43. The first-order valence-electron chi connectivity index (χ1n) is 8.33. The molecule has 6 heteroatoms. The highest BCUT2D eigenvalue weighted by Gasteiger charge is 2.12. The van der Waals surface area contributed by atoms with E-state index >= 15 is 0 Å². The van der Waals surface area contributed by atoms with Crippen LogP contribution in [0.4, 0.5) is 0 Å². The van der Waals surface area contributed by atoms with Crippen LogP contribution in [0, 0.1) is 11.3 Å². The van der Waals surface area contributed by atoms with Crippen LogP contribution < -0.4 is 14.8 Å². The molecule has 1 aromatic heterocycles. The number of para-hydroxylation sites is 1. The summed E-state index contributed by atoms with van der Waals surface area (Å²) in [6.45, 7) is 0.235. The number of carbonyl (C=O) groups excluding carboxylic acids is 1. The maximum atomic E-state index is 12.5. The number of carbonyl (C=O) groups is 1. The maximum Gasteiger partial charge on any atom is 0.262 e. The van der Waals surface area contributed by atoms with Gasteiger partial charge in [0, 0.05) is 40.8 Å². The number of ether oxygens (including phenoxy) is 2.